The van der Waals surface area contributed by atoms with Crippen molar-refractivity contribution in [1.29, 1.82) is 5.26 Å². The molecule has 0 aliphatic heterocycles. The van der Waals surface area contributed by atoms with Gasteiger partial charge in [0.1, 0.15) is 17.5 Å². The molecule has 0 spiro atoms. The van der Waals surface area contributed by atoms with Gasteiger partial charge in [-0.3, -0.25) is 4.79 Å². The molecule has 0 aliphatic carbocycles. The van der Waals surface area contributed by atoms with Crippen LogP contribution in [0.4, 0.5) is 5.69 Å². The van der Waals surface area contributed by atoms with Crippen LogP contribution in [0.25, 0.3) is 0 Å². The fraction of sp³-hybridized carbons (Fsp3) is 0.333. The van der Waals surface area contributed by atoms with Crippen LogP contribution in [0.1, 0.15) is 39.7 Å². The zero-order valence-electron chi connectivity index (χ0n) is 15.7. The van der Waals surface area contributed by atoms with Crippen LogP contribution in [0.2, 0.25) is 0 Å². The zero-order chi connectivity index (χ0) is 19.2. The van der Waals surface area contributed by atoms with Gasteiger partial charge in [-0.25, -0.2) is 0 Å². The van der Waals surface area contributed by atoms with E-state index in [1.165, 1.54) is 0 Å². The predicted octanol–water partition coefficient (Wildman–Crippen LogP) is 4.46. The van der Waals surface area contributed by atoms with Crippen LogP contribution in [-0.4, -0.2) is 17.5 Å². The van der Waals surface area contributed by atoms with Crippen molar-refractivity contribution in [3.63, 3.8) is 0 Å². The fourth-order valence-corrected chi connectivity index (χ4v) is 2.20. The lowest BCUT2D eigenvalue weighted by Gasteiger charge is -2.27. The molecular formula is C21H25N3O2. The van der Waals surface area contributed by atoms with Crippen molar-refractivity contribution in [2.24, 2.45) is 0 Å². The Morgan fingerprint density at radius 1 is 1.12 bits per heavy atom. The van der Waals surface area contributed by atoms with Gasteiger partial charge in [-0.05, 0) is 75.7 Å². The van der Waals surface area contributed by atoms with E-state index >= 15 is 0 Å². The van der Waals surface area contributed by atoms with Crippen LogP contribution in [0, 0.1) is 11.3 Å². The molecule has 1 amide bonds. The average Bonchev–Trinajstić information content (AvgIpc) is 2.63. The number of anilines is 1. The van der Waals surface area contributed by atoms with Gasteiger partial charge in [0.25, 0.3) is 0 Å². The quantitative estimate of drug-likeness (QED) is 0.772. The van der Waals surface area contributed by atoms with Gasteiger partial charge in [-0.1, -0.05) is 6.92 Å². The second-order valence-corrected chi connectivity index (χ2v) is 6.86. The standard InChI is InChI=1S/C21H25N3O2/c1-5-21(3,4)24-20(25)15(2)23-17-8-12-19(13-9-17)26-18-10-6-16(14-22)7-11-18/h6-13,15,23H,5H2,1-4H3,(H,24,25). The Kier molecular flexibility index (Phi) is 6.24. The molecule has 0 bridgehead atoms. The summed E-state index contributed by atoms with van der Waals surface area (Å²) < 4.78 is 5.75. The van der Waals surface area contributed by atoms with Crippen molar-refractivity contribution < 1.29 is 9.53 Å². The first-order valence-corrected chi connectivity index (χ1v) is 8.69. The molecule has 1 atom stereocenters. The molecule has 0 aromatic heterocycles. The van der Waals surface area contributed by atoms with Crippen molar-refractivity contribution in [3.8, 4) is 17.6 Å². The van der Waals surface area contributed by atoms with E-state index in [1.54, 1.807) is 24.3 Å². The monoisotopic (exact) mass is 351 g/mol. The number of nitrogens with zero attached hydrogens (tertiary/aromatic N) is 1. The summed E-state index contributed by atoms with van der Waals surface area (Å²) in [5.41, 5.74) is 1.22. The van der Waals surface area contributed by atoms with E-state index < -0.39 is 0 Å². The van der Waals surface area contributed by atoms with Gasteiger partial charge in [-0.15, -0.1) is 0 Å². The molecule has 0 heterocycles. The van der Waals surface area contributed by atoms with E-state index in [2.05, 4.69) is 16.7 Å². The number of nitriles is 1. The largest absolute Gasteiger partial charge is 0.457 e. The van der Waals surface area contributed by atoms with E-state index in [0.717, 1.165) is 12.1 Å². The van der Waals surface area contributed by atoms with Crippen LogP contribution in [0.15, 0.2) is 48.5 Å². The van der Waals surface area contributed by atoms with E-state index in [-0.39, 0.29) is 17.5 Å². The number of amides is 1. The summed E-state index contributed by atoms with van der Waals surface area (Å²) in [6.45, 7) is 7.90. The Bertz CT molecular complexity index is 774. The summed E-state index contributed by atoms with van der Waals surface area (Å²) >= 11 is 0. The third-order valence-corrected chi connectivity index (χ3v) is 4.20. The molecule has 0 saturated carbocycles. The number of hydrogen-bond donors (Lipinski definition) is 2. The van der Waals surface area contributed by atoms with Crippen LogP contribution < -0.4 is 15.4 Å². The minimum absolute atomic E-state index is 0.0326. The Balaban J connectivity index is 1.94. The lowest BCUT2D eigenvalue weighted by molar-refractivity contribution is -0.123. The molecule has 0 aliphatic rings. The number of rotatable bonds is 7. The minimum Gasteiger partial charge on any atom is -0.457 e. The number of benzene rings is 2. The van der Waals surface area contributed by atoms with Crippen molar-refractivity contribution in [3.05, 3.63) is 54.1 Å². The van der Waals surface area contributed by atoms with E-state index in [4.69, 9.17) is 10.00 Å². The van der Waals surface area contributed by atoms with Crippen molar-refractivity contribution in [1.82, 2.24) is 5.32 Å². The van der Waals surface area contributed by atoms with Crippen LogP contribution in [0.3, 0.4) is 0 Å². The lowest BCUT2D eigenvalue weighted by Crippen LogP contribution is -2.48. The molecule has 2 rings (SSSR count). The number of nitrogens with one attached hydrogen (secondary N) is 2. The summed E-state index contributed by atoms with van der Waals surface area (Å²) in [6.07, 6.45) is 0.868. The molecule has 26 heavy (non-hydrogen) atoms. The van der Waals surface area contributed by atoms with E-state index in [1.807, 2.05) is 52.0 Å². The molecule has 0 radical (unpaired) electrons. The maximum Gasteiger partial charge on any atom is 0.242 e. The molecule has 0 fully saturated rings. The average molecular weight is 351 g/mol. The number of hydrogen-bond acceptors (Lipinski definition) is 4. The lowest BCUT2D eigenvalue weighted by atomic mass is 10.0. The smallest absolute Gasteiger partial charge is 0.242 e. The highest BCUT2D eigenvalue weighted by molar-refractivity contribution is 5.84. The predicted molar refractivity (Wildman–Crippen MR) is 103 cm³/mol. The molecule has 5 nitrogen and oxygen atoms in total. The molecule has 5 heteroatoms. The summed E-state index contributed by atoms with van der Waals surface area (Å²) in [7, 11) is 0. The maximum atomic E-state index is 12.3. The summed E-state index contributed by atoms with van der Waals surface area (Å²) in [4.78, 5) is 12.3. The van der Waals surface area contributed by atoms with E-state index in [0.29, 0.717) is 17.1 Å². The zero-order valence-corrected chi connectivity index (χ0v) is 15.7. The highest BCUT2D eigenvalue weighted by atomic mass is 16.5. The topological polar surface area (TPSA) is 74.2 Å². The molecule has 1 unspecified atom stereocenters. The Morgan fingerprint density at radius 3 is 2.15 bits per heavy atom. The Morgan fingerprint density at radius 2 is 1.65 bits per heavy atom. The Hall–Kier alpha value is -3.00. The molecule has 2 N–H and O–H groups in total. The second kappa shape index (κ2) is 8.39. The molecule has 2 aromatic rings. The Labute approximate surface area is 155 Å². The minimum atomic E-state index is -0.342. The fourth-order valence-electron chi connectivity index (χ4n) is 2.20. The third kappa shape index (κ3) is 5.52. The third-order valence-electron chi connectivity index (χ3n) is 4.20. The van der Waals surface area contributed by atoms with Gasteiger partial charge in [-0.2, -0.15) is 5.26 Å². The highest BCUT2D eigenvalue weighted by Gasteiger charge is 2.21. The van der Waals surface area contributed by atoms with Gasteiger partial charge in [0.15, 0.2) is 0 Å². The molecule has 136 valence electrons. The molecule has 2 aromatic carbocycles. The second-order valence-electron chi connectivity index (χ2n) is 6.86. The van der Waals surface area contributed by atoms with Crippen LogP contribution in [-0.2, 0) is 4.79 Å². The SMILES string of the molecule is CCC(C)(C)NC(=O)C(C)Nc1ccc(Oc2ccc(C#N)cc2)cc1. The van der Waals surface area contributed by atoms with E-state index in [9.17, 15) is 4.79 Å². The normalized spacial score (nSPS) is 12.0. The molecular weight excluding hydrogens is 326 g/mol. The first kappa shape index (κ1) is 19.3. The van der Waals surface area contributed by atoms with Crippen LogP contribution in [0.5, 0.6) is 11.5 Å². The number of carbonyl (C=O) groups excluding carboxylic acids is 1. The number of carbonyl (C=O) groups is 1. The van der Waals surface area contributed by atoms with Gasteiger partial charge < -0.3 is 15.4 Å². The van der Waals surface area contributed by atoms with Crippen LogP contribution >= 0.6 is 0 Å². The highest BCUT2D eigenvalue weighted by Crippen LogP contribution is 2.23. The summed E-state index contributed by atoms with van der Waals surface area (Å²) in [5.74, 6) is 1.32. The van der Waals surface area contributed by atoms with Crippen molar-refractivity contribution in [2.75, 3.05) is 5.32 Å². The van der Waals surface area contributed by atoms with Gasteiger partial charge in [0.05, 0.1) is 11.6 Å². The first-order valence-electron chi connectivity index (χ1n) is 8.69. The van der Waals surface area contributed by atoms with Crippen molar-refractivity contribution >= 4 is 11.6 Å². The van der Waals surface area contributed by atoms with Gasteiger partial charge in [0.2, 0.25) is 5.91 Å². The first-order chi connectivity index (χ1) is 12.3. The van der Waals surface area contributed by atoms with Gasteiger partial charge in [0, 0.05) is 11.2 Å². The summed E-state index contributed by atoms with van der Waals surface area (Å²) in [6, 6.07) is 16.1. The summed E-state index contributed by atoms with van der Waals surface area (Å²) in [5, 5.41) is 15.0. The van der Waals surface area contributed by atoms with Gasteiger partial charge >= 0.3 is 0 Å². The molecule has 0 saturated heterocycles. The number of ether oxygens (including phenoxy) is 1. The van der Waals surface area contributed by atoms with Crippen molar-refractivity contribution in [2.45, 2.75) is 45.7 Å². The maximum absolute atomic E-state index is 12.3.